The van der Waals surface area contributed by atoms with Crippen LogP contribution in [0.3, 0.4) is 0 Å². The number of likely N-dealkylation sites (tertiary alicyclic amines) is 1. The lowest BCUT2D eigenvalue weighted by Gasteiger charge is -2.30. The molecule has 0 spiro atoms. The third-order valence-corrected chi connectivity index (χ3v) is 7.12. The first-order valence-electron chi connectivity index (χ1n) is 13.5. The van der Waals surface area contributed by atoms with Gasteiger partial charge in [0.2, 0.25) is 17.7 Å². The summed E-state index contributed by atoms with van der Waals surface area (Å²) in [7, 11) is 0. The molecule has 0 radical (unpaired) electrons. The topological polar surface area (TPSA) is 221 Å². The van der Waals surface area contributed by atoms with E-state index < -0.39 is 53.8 Å². The quantitative estimate of drug-likeness (QED) is 0.147. The molecule has 40 heavy (non-hydrogen) atoms. The van der Waals surface area contributed by atoms with Gasteiger partial charge in [-0.3, -0.25) is 19.2 Å². The number of nitrogens with one attached hydrogen (secondary N) is 3. The second-order valence-electron chi connectivity index (χ2n) is 10.0. The Labute approximate surface area is 231 Å². The highest BCUT2D eigenvalue weighted by molar-refractivity contribution is 5.95. The molecular weight excluding hydrogens is 520 g/mol. The summed E-state index contributed by atoms with van der Waals surface area (Å²) >= 11 is 0. The lowest BCUT2D eigenvalue weighted by Crippen LogP contribution is -2.57. The van der Waals surface area contributed by atoms with Gasteiger partial charge in [-0.25, -0.2) is 4.79 Å². The molecule has 13 heteroatoms. The number of para-hydroxylation sites is 1. The third kappa shape index (κ3) is 8.02. The minimum Gasteiger partial charge on any atom is -0.481 e. The first-order chi connectivity index (χ1) is 19.1. The monoisotopic (exact) mass is 558 g/mol. The molecule has 1 aliphatic rings. The van der Waals surface area contributed by atoms with Crippen molar-refractivity contribution >= 4 is 40.6 Å². The van der Waals surface area contributed by atoms with Gasteiger partial charge in [0.25, 0.3) is 0 Å². The number of H-pyrrole nitrogens is 1. The van der Waals surface area contributed by atoms with Gasteiger partial charge in [0, 0.05) is 36.5 Å². The van der Waals surface area contributed by atoms with E-state index in [1.54, 1.807) is 6.20 Å². The van der Waals surface area contributed by atoms with Crippen molar-refractivity contribution in [3.05, 3.63) is 36.0 Å². The summed E-state index contributed by atoms with van der Waals surface area (Å²) in [6.07, 6.45) is 3.62. The summed E-state index contributed by atoms with van der Waals surface area (Å²) in [6.45, 7) is 0.663. The van der Waals surface area contributed by atoms with Crippen molar-refractivity contribution in [1.29, 1.82) is 0 Å². The molecule has 1 saturated heterocycles. The van der Waals surface area contributed by atoms with E-state index in [4.69, 9.17) is 16.6 Å². The van der Waals surface area contributed by atoms with Crippen LogP contribution in [0, 0.1) is 0 Å². The molecule has 13 nitrogen and oxygen atoms in total. The zero-order chi connectivity index (χ0) is 29.2. The van der Waals surface area contributed by atoms with Crippen molar-refractivity contribution in [2.75, 3.05) is 13.1 Å². The number of carbonyl (C=O) groups is 5. The Morgan fingerprint density at radius 1 is 1.05 bits per heavy atom. The average molecular weight is 559 g/mol. The van der Waals surface area contributed by atoms with Crippen LogP contribution >= 0.6 is 0 Å². The number of nitrogens with zero attached hydrogens (tertiary/aromatic N) is 1. The van der Waals surface area contributed by atoms with Crippen LogP contribution in [0.1, 0.15) is 50.5 Å². The molecule has 3 amide bonds. The molecule has 9 N–H and O–H groups in total. The largest absolute Gasteiger partial charge is 0.481 e. The number of benzene rings is 1. The Hall–Kier alpha value is -3.97. The van der Waals surface area contributed by atoms with Crippen LogP contribution in [0.2, 0.25) is 0 Å². The summed E-state index contributed by atoms with van der Waals surface area (Å²) in [5.74, 6) is -4.18. The average Bonchev–Trinajstić information content (AvgIpc) is 3.58. The zero-order valence-corrected chi connectivity index (χ0v) is 22.3. The van der Waals surface area contributed by atoms with Crippen LogP contribution in [0.4, 0.5) is 0 Å². The van der Waals surface area contributed by atoms with E-state index in [0.717, 1.165) is 16.5 Å². The molecule has 1 aromatic carbocycles. The van der Waals surface area contributed by atoms with Gasteiger partial charge < -0.3 is 42.2 Å². The number of rotatable bonds is 15. The molecule has 0 bridgehead atoms. The fourth-order valence-corrected chi connectivity index (χ4v) is 4.94. The van der Waals surface area contributed by atoms with E-state index in [0.29, 0.717) is 38.6 Å². The van der Waals surface area contributed by atoms with Crippen LogP contribution in [0.15, 0.2) is 30.5 Å². The van der Waals surface area contributed by atoms with Crippen LogP contribution in [-0.4, -0.2) is 87.0 Å². The normalized spacial score (nSPS) is 17.2. The highest BCUT2D eigenvalue weighted by Gasteiger charge is 2.39. The number of carboxylic acid groups (broad SMARTS) is 2. The standard InChI is InChI=1S/C27H38N6O7/c28-12-4-3-7-18(29)24(36)31-20(10-11-23(34)35)26(38)33-13-5-9-22(33)25(37)32-21(27(39)40)14-16-15-30-19-8-2-1-6-17(16)19/h1-2,6,8,15,18,20-22,30H,3-5,7,9-14,28-29H2,(H,31,36)(H,32,37)(H,34,35)(H,39,40). The van der Waals surface area contributed by atoms with Crippen molar-refractivity contribution in [3.8, 4) is 0 Å². The number of aromatic amines is 1. The molecule has 1 fully saturated rings. The lowest BCUT2D eigenvalue weighted by atomic mass is 10.0. The molecule has 4 atom stereocenters. The first-order valence-corrected chi connectivity index (χ1v) is 13.5. The van der Waals surface area contributed by atoms with E-state index in [9.17, 15) is 29.1 Å². The highest BCUT2D eigenvalue weighted by Crippen LogP contribution is 2.22. The van der Waals surface area contributed by atoms with Crippen molar-refractivity contribution in [1.82, 2.24) is 20.5 Å². The van der Waals surface area contributed by atoms with Crippen molar-refractivity contribution in [2.24, 2.45) is 11.5 Å². The summed E-state index contributed by atoms with van der Waals surface area (Å²) in [5, 5.41) is 25.0. The zero-order valence-electron chi connectivity index (χ0n) is 22.3. The molecule has 2 heterocycles. The minimum absolute atomic E-state index is 0.0328. The number of aliphatic carboxylic acids is 2. The number of amides is 3. The molecule has 4 unspecified atom stereocenters. The van der Waals surface area contributed by atoms with Crippen LogP contribution in [0.25, 0.3) is 10.9 Å². The van der Waals surface area contributed by atoms with Gasteiger partial charge in [0.1, 0.15) is 18.1 Å². The number of hydrogen-bond acceptors (Lipinski definition) is 7. The number of hydrogen-bond donors (Lipinski definition) is 7. The minimum atomic E-state index is -1.24. The maximum absolute atomic E-state index is 13.5. The number of unbranched alkanes of at least 4 members (excludes halogenated alkanes) is 1. The second kappa shape index (κ2) is 14.4. The Morgan fingerprint density at radius 2 is 1.80 bits per heavy atom. The number of carbonyl (C=O) groups excluding carboxylic acids is 3. The molecule has 0 aliphatic carbocycles. The van der Waals surface area contributed by atoms with Gasteiger partial charge in [-0.2, -0.15) is 0 Å². The SMILES string of the molecule is NCCCCC(N)C(=O)NC(CCC(=O)O)C(=O)N1CCCC1C(=O)NC(Cc1c[nH]c2ccccc12)C(=O)O. The van der Waals surface area contributed by atoms with Gasteiger partial charge in [0.05, 0.1) is 6.04 Å². The third-order valence-electron chi connectivity index (χ3n) is 7.12. The maximum Gasteiger partial charge on any atom is 0.326 e. The molecule has 2 aromatic rings. The lowest BCUT2D eigenvalue weighted by molar-refractivity contribution is -0.145. The summed E-state index contributed by atoms with van der Waals surface area (Å²) in [6, 6.07) is 3.12. The Morgan fingerprint density at radius 3 is 2.50 bits per heavy atom. The number of carboxylic acids is 2. The van der Waals surface area contributed by atoms with Gasteiger partial charge >= 0.3 is 11.9 Å². The molecule has 3 rings (SSSR count). The highest BCUT2D eigenvalue weighted by atomic mass is 16.4. The van der Waals surface area contributed by atoms with Gasteiger partial charge in [0.15, 0.2) is 0 Å². The summed E-state index contributed by atoms with van der Waals surface area (Å²) in [4.78, 5) is 67.0. The molecule has 1 aromatic heterocycles. The van der Waals surface area contributed by atoms with Crippen molar-refractivity contribution in [3.63, 3.8) is 0 Å². The number of nitrogens with two attached hydrogens (primary N) is 2. The molecule has 0 saturated carbocycles. The van der Waals surface area contributed by atoms with Gasteiger partial charge in [-0.15, -0.1) is 0 Å². The van der Waals surface area contributed by atoms with E-state index in [-0.39, 0.29) is 25.8 Å². The summed E-state index contributed by atoms with van der Waals surface area (Å²) in [5.41, 5.74) is 13.0. The number of aromatic nitrogens is 1. The van der Waals surface area contributed by atoms with E-state index in [2.05, 4.69) is 15.6 Å². The van der Waals surface area contributed by atoms with E-state index >= 15 is 0 Å². The number of fused-ring (bicyclic) bond motifs is 1. The Kier molecular flexibility index (Phi) is 11.0. The van der Waals surface area contributed by atoms with Crippen molar-refractivity contribution in [2.45, 2.75) is 75.5 Å². The van der Waals surface area contributed by atoms with Crippen molar-refractivity contribution < 1.29 is 34.2 Å². The van der Waals surface area contributed by atoms with Crippen LogP contribution in [0.5, 0.6) is 0 Å². The van der Waals surface area contributed by atoms with Gasteiger partial charge in [-0.05, 0) is 50.3 Å². The smallest absolute Gasteiger partial charge is 0.326 e. The van der Waals surface area contributed by atoms with Crippen LogP contribution < -0.4 is 22.1 Å². The molecular formula is C27H38N6O7. The Balaban J connectivity index is 1.70. The predicted octanol–water partition coefficient (Wildman–Crippen LogP) is 0.0767. The molecule has 1 aliphatic heterocycles. The van der Waals surface area contributed by atoms with Gasteiger partial charge in [-0.1, -0.05) is 24.6 Å². The Bertz CT molecular complexity index is 1210. The maximum atomic E-state index is 13.5. The van der Waals surface area contributed by atoms with Crippen LogP contribution in [-0.2, 0) is 30.4 Å². The first kappa shape index (κ1) is 30.6. The van der Waals surface area contributed by atoms with E-state index in [1.807, 2.05) is 24.3 Å². The predicted molar refractivity (Wildman–Crippen MR) is 146 cm³/mol. The second-order valence-corrected chi connectivity index (χ2v) is 10.0. The summed E-state index contributed by atoms with van der Waals surface area (Å²) < 4.78 is 0. The molecule has 218 valence electrons. The fraction of sp³-hybridized carbons (Fsp3) is 0.519. The fourth-order valence-electron chi connectivity index (χ4n) is 4.94. The van der Waals surface area contributed by atoms with E-state index in [1.165, 1.54) is 4.90 Å².